The highest BCUT2D eigenvalue weighted by atomic mass is 16.2. The van der Waals surface area contributed by atoms with E-state index in [1.54, 1.807) is 12.4 Å². The molecule has 1 N–H and O–H groups in total. The molecular weight excluding hydrogens is 288 g/mol. The van der Waals surface area contributed by atoms with Crippen LogP contribution in [0.25, 0.3) is 0 Å². The molecule has 0 aliphatic carbocycles. The van der Waals surface area contributed by atoms with Crippen LogP contribution < -0.4 is 5.32 Å². The number of aromatic nitrogens is 2. The van der Waals surface area contributed by atoms with Crippen molar-refractivity contribution in [1.29, 1.82) is 0 Å². The number of hydrogen-bond acceptors (Lipinski definition) is 4. The number of nitrogens with zero attached hydrogens (tertiary/aromatic N) is 3. The van der Waals surface area contributed by atoms with Crippen LogP contribution in [0.2, 0.25) is 0 Å². The fourth-order valence-corrected chi connectivity index (χ4v) is 2.87. The van der Waals surface area contributed by atoms with E-state index in [-0.39, 0.29) is 11.9 Å². The maximum absolute atomic E-state index is 12.8. The smallest absolute Gasteiger partial charge is 0.274 e. The van der Waals surface area contributed by atoms with Crippen LogP contribution in [0.4, 0.5) is 0 Å². The van der Waals surface area contributed by atoms with Gasteiger partial charge in [-0.15, -0.1) is 0 Å². The van der Waals surface area contributed by atoms with E-state index in [9.17, 15) is 4.79 Å². The van der Waals surface area contributed by atoms with Crippen LogP contribution in [0.5, 0.6) is 0 Å². The topological polar surface area (TPSA) is 58.1 Å². The molecule has 23 heavy (non-hydrogen) atoms. The first-order valence-corrected chi connectivity index (χ1v) is 8.08. The molecule has 0 saturated carbocycles. The molecule has 1 aliphatic heterocycles. The number of benzene rings is 1. The normalized spacial score (nSPS) is 18.0. The van der Waals surface area contributed by atoms with Gasteiger partial charge in [-0.3, -0.25) is 9.78 Å². The Morgan fingerprint density at radius 3 is 2.70 bits per heavy atom. The summed E-state index contributed by atoms with van der Waals surface area (Å²) in [6.07, 6.45) is 4.22. The second-order valence-corrected chi connectivity index (χ2v) is 5.86. The Hall–Kier alpha value is -2.27. The molecular formula is C18H22N4O. The highest BCUT2D eigenvalue weighted by Crippen LogP contribution is 2.24. The summed E-state index contributed by atoms with van der Waals surface area (Å²) in [5, 5.41) is 3.38. The van der Waals surface area contributed by atoms with Crippen molar-refractivity contribution < 1.29 is 4.79 Å². The molecule has 5 heteroatoms. The van der Waals surface area contributed by atoms with Gasteiger partial charge >= 0.3 is 0 Å². The maximum Gasteiger partial charge on any atom is 0.274 e. The standard InChI is InChI=1S/C18H22N4O/c1-3-14-4-6-15(7-5-14)17-12-19-8-9-22(17)18(23)16-11-20-13(2)10-21-16/h4-7,10-11,17,19H,3,8-9,12H2,1-2H3. The largest absolute Gasteiger partial charge is 0.328 e. The monoisotopic (exact) mass is 310 g/mol. The lowest BCUT2D eigenvalue weighted by Gasteiger charge is -2.36. The number of hydrogen-bond donors (Lipinski definition) is 1. The van der Waals surface area contributed by atoms with Crippen molar-refractivity contribution >= 4 is 5.91 Å². The number of rotatable bonds is 3. The fraction of sp³-hybridized carbons (Fsp3) is 0.389. The third-order valence-electron chi connectivity index (χ3n) is 4.28. The predicted octanol–water partition coefficient (Wildman–Crippen LogP) is 2.13. The zero-order valence-electron chi connectivity index (χ0n) is 13.6. The van der Waals surface area contributed by atoms with E-state index in [1.807, 2.05) is 11.8 Å². The van der Waals surface area contributed by atoms with Crippen LogP contribution in [0.3, 0.4) is 0 Å². The zero-order chi connectivity index (χ0) is 16.2. The summed E-state index contributed by atoms with van der Waals surface area (Å²) in [6, 6.07) is 8.55. The maximum atomic E-state index is 12.8. The van der Waals surface area contributed by atoms with Crippen molar-refractivity contribution in [2.45, 2.75) is 26.3 Å². The lowest BCUT2D eigenvalue weighted by molar-refractivity contribution is 0.0627. The molecule has 2 heterocycles. The summed E-state index contributed by atoms with van der Waals surface area (Å²) in [4.78, 5) is 23.1. The second-order valence-electron chi connectivity index (χ2n) is 5.86. The van der Waals surface area contributed by atoms with E-state index in [0.29, 0.717) is 12.2 Å². The van der Waals surface area contributed by atoms with E-state index < -0.39 is 0 Å². The highest BCUT2D eigenvalue weighted by molar-refractivity contribution is 5.92. The van der Waals surface area contributed by atoms with Crippen LogP contribution >= 0.6 is 0 Å². The molecule has 1 aromatic carbocycles. The summed E-state index contributed by atoms with van der Waals surface area (Å²) in [5.74, 6) is -0.0523. The van der Waals surface area contributed by atoms with Gasteiger partial charge in [-0.1, -0.05) is 31.2 Å². The minimum atomic E-state index is -0.0523. The Kier molecular flexibility index (Phi) is 4.67. The van der Waals surface area contributed by atoms with Gasteiger partial charge in [0.25, 0.3) is 5.91 Å². The van der Waals surface area contributed by atoms with Crippen molar-refractivity contribution in [2.24, 2.45) is 0 Å². The van der Waals surface area contributed by atoms with E-state index in [1.165, 1.54) is 5.56 Å². The average molecular weight is 310 g/mol. The molecule has 0 bridgehead atoms. The summed E-state index contributed by atoms with van der Waals surface area (Å²) in [5.41, 5.74) is 3.68. The Balaban J connectivity index is 1.85. The summed E-state index contributed by atoms with van der Waals surface area (Å²) < 4.78 is 0. The molecule has 3 rings (SSSR count). The SMILES string of the molecule is CCc1ccc(C2CNCCN2C(=O)c2cnc(C)cn2)cc1. The molecule has 5 nitrogen and oxygen atoms in total. The van der Waals surface area contributed by atoms with Gasteiger partial charge in [0.2, 0.25) is 0 Å². The lowest BCUT2D eigenvalue weighted by Crippen LogP contribution is -2.48. The van der Waals surface area contributed by atoms with Gasteiger partial charge in [0.1, 0.15) is 5.69 Å². The molecule has 0 spiro atoms. The summed E-state index contributed by atoms with van der Waals surface area (Å²) >= 11 is 0. The van der Waals surface area contributed by atoms with Crippen LogP contribution in [-0.2, 0) is 6.42 Å². The number of nitrogens with one attached hydrogen (secondary N) is 1. The van der Waals surface area contributed by atoms with Crippen LogP contribution in [-0.4, -0.2) is 40.4 Å². The molecule has 1 unspecified atom stereocenters. The first-order valence-electron chi connectivity index (χ1n) is 8.08. The minimum absolute atomic E-state index is 0.0326. The summed E-state index contributed by atoms with van der Waals surface area (Å²) in [6.45, 7) is 6.24. The van der Waals surface area contributed by atoms with Gasteiger partial charge in [0.05, 0.1) is 17.9 Å². The fourth-order valence-electron chi connectivity index (χ4n) is 2.87. The van der Waals surface area contributed by atoms with Gasteiger partial charge in [-0.2, -0.15) is 0 Å². The Morgan fingerprint density at radius 2 is 2.04 bits per heavy atom. The predicted molar refractivity (Wildman–Crippen MR) is 89.2 cm³/mol. The van der Waals surface area contributed by atoms with Crippen molar-refractivity contribution in [2.75, 3.05) is 19.6 Å². The van der Waals surface area contributed by atoms with Gasteiger partial charge in [-0.05, 0) is 24.5 Å². The highest BCUT2D eigenvalue weighted by Gasteiger charge is 2.29. The third kappa shape index (κ3) is 3.40. The molecule has 1 aromatic heterocycles. The zero-order valence-corrected chi connectivity index (χ0v) is 13.6. The van der Waals surface area contributed by atoms with Gasteiger partial charge < -0.3 is 10.2 Å². The first kappa shape index (κ1) is 15.6. The molecule has 1 aliphatic rings. The van der Waals surface area contributed by atoms with E-state index >= 15 is 0 Å². The number of carbonyl (C=O) groups is 1. The molecule has 1 atom stereocenters. The van der Waals surface area contributed by atoms with E-state index in [0.717, 1.165) is 30.8 Å². The first-order chi connectivity index (χ1) is 11.2. The Morgan fingerprint density at radius 1 is 1.26 bits per heavy atom. The molecule has 1 amide bonds. The quantitative estimate of drug-likeness (QED) is 0.943. The van der Waals surface area contributed by atoms with Crippen molar-refractivity contribution in [3.63, 3.8) is 0 Å². The van der Waals surface area contributed by atoms with E-state index in [2.05, 4.69) is 46.5 Å². The number of carbonyl (C=O) groups excluding carboxylic acids is 1. The number of piperazine rings is 1. The Labute approximate surface area is 136 Å². The van der Waals surface area contributed by atoms with E-state index in [4.69, 9.17) is 0 Å². The van der Waals surface area contributed by atoms with Gasteiger partial charge in [0.15, 0.2) is 0 Å². The molecule has 120 valence electrons. The second kappa shape index (κ2) is 6.87. The van der Waals surface area contributed by atoms with Gasteiger partial charge in [0, 0.05) is 25.8 Å². The van der Waals surface area contributed by atoms with Crippen LogP contribution in [0.1, 0.15) is 40.3 Å². The molecule has 0 radical (unpaired) electrons. The van der Waals surface area contributed by atoms with Crippen molar-refractivity contribution in [3.05, 3.63) is 59.2 Å². The molecule has 1 saturated heterocycles. The molecule has 2 aromatic rings. The van der Waals surface area contributed by atoms with Gasteiger partial charge in [-0.25, -0.2) is 4.98 Å². The molecule has 1 fully saturated rings. The number of amides is 1. The van der Waals surface area contributed by atoms with Crippen LogP contribution in [0.15, 0.2) is 36.7 Å². The average Bonchev–Trinajstić information content (AvgIpc) is 2.62. The Bertz CT molecular complexity index is 666. The number of aryl methyl sites for hydroxylation is 2. The van der Waals surface area contributed by atoms with Crippen molar-refractivity contribution in [1.82, 2.24) is 20.2 Å². The van der Waals surface area contributed by atoms with Crippen molar-refractivity contribution in [3.8, 4) is 0 Å². The summed E-state index contributed by atoms with van der Waals surface area (Å²) in [7, 11) is 0. The lowest BCUT2D eigenvalue weighted by atomic mass is 10.0. The third-order valence-corrected chi connectivity index (χ3v) is 4.28. The minimum Gasteiger partial charge on any atom is -0.328 e. The van der Waals surface area contributed by atoms with Crippen LogP contribution in [0, 0.1) is 6.92 Å².